The van der Waals surface area contributed by atoms with E-state index in [9.17, 15) is 22.8 Å². The van der Waals surface area contributed by atoms with Crippen LogP contribution in [0, 0.1) is 0 Å². The van der Waals surface area contributed by atoms with Gasteiger partial charge in [0.2, 0.25) is 5.88 Å². The molecule has 1 atom stereocenters. The molecule has 0 spiro atoms. The van der Waals surface area contributed by atoms with Crippen LogP contribution in [0.1, 0.15) is 31.7 Å². The molecular weight excluding hydrogens is 379 g/mol. The molecule has 0 aliphatic rings. The molecule has 1 unspecified atom stereocenters. The van der Waals surface area contributed by atoms with Gasteiger partial charge in [0.05, 0.1) is 5.56 Å². The number of Topliss-reactive ketones (excluding diaryl/α,β-unsaturated/α-hetero) is 1. The molecular formula is C19H18F3NO5. The van der Waals surface area contributed by atoms with Crippen LogP contribution < -0.4 is 9.47 Å². The number of carbonyl (C=O) groups is 2. The average molecular weight is 397 g/mol. The topological polar surface area (TPSA) is 85.7 Å². The number of halogens is 3. The average Bonchev–Trinajstić information content (AvgIpc) is 2.62. The minimum absolute atomic E-state index is 0.0119. The zero-order valence-electron chi connectivity index (χ0n) is 14.9. The lowest BCUT2D eigenvalue weighted by Crippen LogP contribution is -2.29. The second-order valence-electron chi connectivity index (χ2n) is 5.89. The molecule has 1 N–H and O–H groups in total. The normalized spacial score (nSPS) is 12.3. The minimum atomic E-state index is -4.47. The molecule has 6 nitrogen and oxygen atoms in total. The highest BCUT2D eigenvalue weighted by molar-refractivity contribution is 5.97. The Morgan fingerprint density at radius 1 is 1.11 bits per heavy atom. The van der Waals surface area contributed by atoms with Gasteiger partial charge in [-0.2, -0.15) is 13.2 Å². The standard InChI is InChI=1S/C19H18F3NO5/c1-2-3-16(15(24)10-18(25)26)27-13-5-7-14(8-6-13)28-17-9-4-12(11-23-17)19(20,21)22/h4-9,11,16H,2-3,10H2,1H3,(H,25,26). The number of carbonyl (C=O) groups excluding carboxylic acids is 1. The van der Waals surface area contributed by atoms with E-state index in [1.165, 1.54) is 24.3 Å². The van der Waals surface area contributed by atoms with Gasteiger partial charge in [-0.15, -0.1) is 0 Å². The molecule has 2 aromatic rings. The van der Waals surface area contributed by atoms with Crippen LogP contribution in [0.5, 0.6) is 17.4 Å². The van der Waals surface area contributed by atoms with E-state index >= 15 is 0 Å². The second kappa shape index (κ2) is 9.20. The SMILES string of the molecule is CCCC(Oc1ccc(Oc2ccc(C(F)(F)F)cn2)cc1)C(=O)CC(=O)O. The number of alkyl halides is 3. The van der Waals surface area contributed by atoms with E-state index in [2.05, 4.69) is 4.98 Å². The maximum absolute atomic E-state index is 12.5. The molecule has 0 radical (unpaired) electrons. The van der Waals surface area contributed by atoms with Crippen LogP contribution in [0.25, 0.3) is 0 Å². The number of carboxylic acids is 1. The van der Waals surface area contributed by atoms with Crippen molar-refractivity contribution in [1.29, 1.82) is 0 Å². The van der Waals surface area contributed by atoms with Crippen molar-refractivity contribution in [3.8, 4) is 17.4 Å². The molecule has 0 amide bonds. The van der Waals surface area contributed by atoms with Crippen LogP contribution in [0.2, 0.25) is 0 Å². The predicted octanol–water partition coefficient (Wildman–Crippen LogP) is 4.48. The van der Waals surface area contributed by atoms with E-state index in [0.29, 0.717) is 30.5 Å². The summed E-state index contributed by atoms with van der Waals surface area (Å²) in [5.41, 5.74) is -0.878. The minimum Gasteiger partial charge on any atom is -0.483 e. The summed E-state index contributed by atoms with van der Waals surface area (Å²) in [6.45, 7) is 1.85. The summed E-state index contributed by atoms with van der Waals surface area (Å²) < 4.78 is 48.5. The monoisotopic (exact) mass is 397 g/mol. The summed E-state index contributed by atoms with van der Waals surface area (Å²) in [5, 5.41) is 8.74. The molecule has 0 fully saturated rings. The van der Waals surface area contributed by atoms with Gasteiger partial charge in [-0.1, -0.05) is 13.3 Å². The molecule has 0 bridgehead atoms. The van der Waals surface area contributed by atoms with Crippen LogP contribution in [-0.4, -0.2) is 27.9 Å². The van der Waals surface area contributed by atoms with Crippen molar-refractivity contribution in [2.24, 2.45) is 0 Å². The van der Waals surface area contributed by atoms with Crippen molar-refractivity contribution in [2.45, 2.75) is 38.5 Å². The van der Waals surface area contributed by atoms with Gasteiger partial charge in [0.25, 0.3) is 0 Å². The van der Waals surface area contributed by atoms with E-state index in [0.717, 1.165) is 12.1 Å². The van der Waals surface area contributed by atoms with Crippen LogP contribution in [0.4, 0.5) is 13.2 Å². The van der Waals surface area contributed by atoms with Crippen molar-refractivity contribution < 1.29 is 37.3 Å². The second-order valence-corrected chi connectivity index (χ2v) is 5.89. The quantitative estimate of drug-likeness (QED) is 0.628. The van der Waals surface area contributed by atoms with Crippen LogP contribution in [0.15, 0.2) is 42.6 Å². The highest BCUT2D eigenvalue weighted by Crippen LogP contribution is 2.30. The number of benzene rings is 1. The van der Waals surface area contributed by atoms with Crippen molar-refractivity contribution in [2.75, 3.05) is 0 Å². The van der Waals surface area contributed by atoms with Gasteiger partial charge in [0.1, 0.15) is 17.9 Å². The summed E-state index contributed by atoms with van der Waals surface area (Å²) >= 11 is 0. The molecule has 0 aliphatic carbocycles. The molecule has 0 aliphatic heterocycles. The Bertz CT molecular complexity index is 804. The molecule has 150 valence electrons. The van der Waals surface area contributed by atoms with Gasteiger partial charge in [0, 0.05) is 12.3 Å². The first kappa shape index (κ1) is 21.2. The van der Waals surface area contributed by atoms with Crippen molar-refractivity contribution in [1.82, 2.24) is 4.98 Å². The van der Waals surface area contributed by atoms with E-state index in [1.54, 1.807) is 0 Å². The summed E-state index contributed by atoms with van der Waals surface area (Å²) in [6.07, 6.45) is -4.28. The van der Waals surface area contributed by atoms with Crippen LogP contribution in [0.3, 0.4) is 0 Å². The molecule has 0 saturated heterocycles. The molecule has 28 heavy (non-hydrogen) atoms. The lowest BCUT2D eigenvalue weighted by molar-refractivity contribution is -0.142. The number of ether oxygens (including phenoxy) is 2. The van der Waals surface area contributed by atoms with Gasteiger partial charge in [-0.25, -0.2) is 4.98 Å². The summed E-state index contributed by atoms with van der Waals surface area (Å²) in [6, 6.07) is 7.99. The summed E-state index contributed by atoms with van der Waals surface area (Å²) in [5.74, 6) is -1.11. The Morgan fingerprint density at radius 2 is 1.75 bits per heavy atom. The van der Waals surface area contributed by atoms with Gasteiger partial charge in [-0.05, 0) is 36.8 Å². The summed E-state index contributed by atoms with van der Waals surface area (Å²) in [7, 11) is 0. The zero-order chi connectivity index (χ0) is 20.7. The van der Waals surface area contributed by atoms with E-state index in [1.807, 2.05) is 6.92 Å². The van der Waals surface area contributed by atoms with Gasteiger partial charge in [0.15, 0.2) is 11.9 Å². The predicted molar refractivity (Wildman–Crippen MR) is 92.3 cm³/mol. The Hall–Kier alpha value is -3.10. The maximum Gasteiger partial charge on any atom is 0.417 e. The van der Waals surface area contributed by atoms with Crippen LogP contribution in [-0.2, 0) is 15.8 Å². The highest BCUT2D eigenvalue weighted by Gasteiger charge is 2.30. The third-order valence-corrected chi connectivity index (χ3v) is 3.62. The number of aromatic nitrogens is 1. The van der Waals surface area contributed by atoms with Gasteiger partial charge >= 0.3 is 12.1 Å². The molecule has 0 saturated carbocycles. The highest BCUT2D eigenvalue weighted by atomic mass is 19.4. The number of rotatable bonds is 9. The number of carboxylic acid groups (broad SMARTS) is 1. The molecule has 1 aromatic carbocycles. The lowest BCUT2D eigenvalue weighted by Gasteiger charge is -2.17. The fourth-order valence-electron chi connectivity index (χ4n) is 2.29. The fourth-order valence-corrected chi connectivity index (χ4v) is 2.29. The van der Waals surface area contributed by atoms with E-state index < -0.39 is 36.0 Å². The van der Waals surface area contributed by atoms with Crippen LogP contribution >= 0.6 is 0 Å². The lowest BCUT2D eigenvalue weighted by atomic mass is 10.1. The largest absolute Gasteiger partial charge is 0.483 e. The molecule has 1 aromatic heterocycles. The van der Waals surface area contributed by atoms with Crippen molar-refractivity contribution in [3.63, 3.8) is 0 Å². The third kappa shape index (κ3) is 6.26. The first-order chi connectivity index (χ1) is 13.2. The fraction of sp³-hybridized carbons (Fsp3) is 0.316. The number of pyridine rings is 1. The van der Waals surface area contributed by atoms with Crippen molar-refractivity contribution >= 4 is 11.8 Å². The zero-order valence-corrected chi connectivity index (χ0v) is 14.9. The summed E-state index contributed by atoms with van der Waals surface area (Å²) in [4.78, 5) is 26.3. The smallest absolute Gasteiger partial charge is 0.417 e. The van der Waals surface area contributed by atoms with Gasteiger partial charge in [-0.3, -0.25) is 9.59 Å². The maximum atomic E-state index is 12.5. The Kier molecular flexibility index (Phi) is 6.97. The van der Waals surface area contributed by atoms with Crippen molar-refractivity contribution in [3.05, 3.63) is 48.2 Å². The number of aliphatic carboxylic acids is 1. The number of hydrogen-bond donors (Lipinski definition) is 1. The third-order valence-electron chi connectivity index (χ3n) is 3.62. The Labute approximate surface area is 158 Å². The first-order valence-corrected chi connectivity index (χ1v) is 8.41. The van der Waals surface area contributed by atoms with E-state index in [-0.39, 0.29) is 5.88 Å². The van der Waals surface area contributed by atoms with Gasteiger partial charge < -0.3 is 14.6 Å². The first-order valence-electron chi connectivity index (χ1n) is 8.41. The molecule has 1 heterocycles. The molecule has 9 heteroatoms. The number of nitrogens with zero attached hydrogens (tertiary/aromatic N) is 1. The number of hydrogen-bond acceptors (Lipinski definition) is 5. The molecule has 2 rings (SSSR count). The Balaban J connectivity index is 2.02. The number of ketones is 1. The van der Waals surface area contributed by atoms with E-state index in [4.69, 9.17) is 14.6 Å². The Morgan fingerprint density at radius 3 is 2.25 bits per heavy atom.